The number of pyridine rings is 1. The number of hydroxylamine groups is 1. The van der Waals surface area contributed by atoms with E-state index in [0.29, 0.717) is 23.3 Å². The lowest BCUT2D eigenvalue weighted by atomic mass is 10.0. The topological polar surface area (TPSA) is 95.7 Å². The number of carbonyl (C=O) groups is 2. The fourth-order valence-electron chi connectivity index (χ4n) is 3.30. The molecule has 30 heavy (non-hydrogen) atoms. The average Bonchev–Trinajstić information content (AvgIpc) is 3.25. The summed E-state index contributed by atoms with van der Waals surface area (Å²) < 4.78 is 1.84. The fraction of sp³-hybridized carbons (Fsp3) is 0.0870. The Kier molecular flexibility index (Phi) is 5.28. The van der Waals surface area contributed by atoms with Gasteiger partial charge in [0.15, 0.2) is 0 Å². The van der Waals surface area contributed by atoms with E-state index in [9.17, 15) is 9.59 Å². The van der Waals surface area contributed by atoms with Crippen molar-refractivity contribution in [2.24, 2.45) is 0 Å². The lowest BCUT2D eigenvalue weighted by Gasteiger charge is -2.10. The van der Waals surface area contributed by atoms with Crippen molar-refractivity contribution in [2.75, 3.05) is 0 Å². The molecule has 7 heteroatoms. The largest absolute Gasteiger partial charge is 0.348 e. The van der Waals surface area contributed by atoms with E-state index in [1.54, 1.807) is 35.9 Å². The standard InChI is InChI=1S/C23H20N4O3/c1-15-3-2-4-18(11-15)19-12-20(21-24-9-10-27(21)14-19)23(29)25-13-16-5-7-17(8-6-16)22(28)26-30/h2-12,14,30H,13H2,1H3,(H,25,29)(H,26,28). The second-order valence-corrected chi connectivity index (χ2v) is 6.99. The van der Waals surface area contributed by atoms with Crippen LogP contribution < -0.4 is 10.8 Å². The molecule has 2 aromatic heterocycles. The Labute approximate surface area is 173 Å². The van der Waals surface area contributed by atoms with Crippen LogP contribution in [-0.4, -0.2) is 26.4 Å². The Hall–Kier alpha value is -3.97. The van der Waals surface area contributed by atoms with E-state index < -0.39 is 5.91 Å². The number of rotatable bonds is 5. The number of amides is 2. The number of imidazole rings is 1. The van der Waals surface area contributed by atoms with Crippen molar-refractivity contribution >= 4 is 17.5 Å². The zero-order valence-electron chi connectivity index (χ0n) is 16.3. The van der Waals surface area contributed by atoms with Gasteiger partial charge in [-0.15, -0.1) is 0 Å². The van der Waals surface area contributed by atoms with E-state index in [1.165, 1.54) is 0 Å². The summed E-state index contributed by atoms with van der Waals surface area (Å²) in [5.41, 5.74) is 6.90. The van der Waals surface area contributed by atoms with Crippen LogP contribution in [0, 0.1) is 6.92 Å². The predicted octanol–water partition coefficient (Wildman–Crippen LogP) is 3.36. The maximum absolute atomic E-state index is 12.9. The van der Waals surface area contributed by atoms with Gasteiger partial charge in [-0.05, 0) is 41.8 Å². The quantitative estimate of drug-likeness (QED) is 0.354. The molecule has 0 aliphatic rings. The molecule has 2 amide bonds. The number of nitrogens with zero attached hydrogens (tertiary/aromatic N) is 2. The third kappa shape index (κ3) is 3.92. The number of hydrogen-bond donors (Lipinski definition) is 3. The van der Waals surface area contributed by atoms with Crippen LogP contribution in [0.4, 0.5) is 0 Å². The van der Waals surface area contributed by atoms with Crippen LogP contribution in [-0.2, 0) is 6.54 Å². The third-order valence-electron chi connectivity index (χ3n) is 4.85. The van der Waals surface area contributed by atoms with Crippen LogP contribution in [0.25, 0.3) is 16.8 Å². The number of benzene rings is 2. The van der Waals surface area contributed by atoms with E-state index in [0.717, 1.165) is 22.3 Å². The van der Waals surface area contributed by atoms with Crippen LogP contribution in [0.1, 0.15) is 31.8 Å². The normalized spacial score (nSPS) is 10.7. The van der Waals surface area contributed by atoms with Crippen molar-refractivity contribution in [2.45, 2.75) is 13.5 Å². The average molecular weight is 400 g/mol. The molecule has 0 saturated carbocycles. The highest BCUT2D eigenvalue weighted by atomic mass is 16.5. The summed E-state index contributed by atoms with van der Waals surface area (Å²) in [5.74, 6) is -0.821. The first-order chi connectivity index (χ1) is 14.5. The molecule has 4 rings (SSSR count). The molecule has 0 bridgehead atoms. The summed E-state index contributed by atoms with van der Waals surface area (Å²) in [6.45, 7) is 2.32. The number of fused-ring (bicyclic) bond motifs is 1. The Morgan fingerprint density at radius 3 is 2.57 bits per heavy atom. The second kappa shape index (κ2) is 8.18. The summed E-state index contributed by atoms with van der Waals surface area (Å²) in [6, 6.07) is 16.6. The van der Waals surface area contributed by atoms with Crippen molar-refractivity contribution in [1.29, 1.82) is 0 Å². The molecular weight excluding hydrogens is 380 g/mol. The van der Waals surface area contributed by atoms with Crippen molar-refractivity contribution in [1.82, 2.24) is 20.2 Å². The molecule has 2 heterocycles. The van der Waals surface area contributed by atoms with Crippen LogP contribution in [0.5, 0.6) is 0 Å². The van der Waals surface area contributed by atoms with E-state index in [4.69, 9.17) is 5.21 Å². The van der Waals surface area contributed by atoms with Crippen molar-refractivity contribution in [3.63, 3.8) is 0 Å². The minimum absolute atomic E-state index is 0.238. The summed E-state index contributed by atoms with van der Waals surface area (Å²) >= 11 is 0. The lowest BCUT2D eigenvalue weighted by Crippen LogP contribution is -2.24. The summed E-state index contributed by atoms with van der Waals surface area (Å²) in [4.78, 5) is 28.7. The number of nitrogens with one attached hydrogen (secondary N) is 2. The van der Waals surface area contributed by atoms with Gasteiger partial charge < -0.3 is 9.72 Å². The van der Waals surface area contributed by atoms with Gasteiger partial charge in [-0.25, -0.2) is 10.5 Å². The van der Waals surface area contributed by atoms with Crippen LogP contribution >= 0.6 is 0 Å². The SMILES string of the molecule is Cc1cccc(-c2cc(C(=O)NCc3ccc(C(=O)NO)cc3)c3nccn3c2)c1. The fourth-order valence-corrected chi connectivity index (χ4v) is 3.30. The molecular formula is C23H20N4O3. The molecule has 3 N–H and O–H groups in total. The number of aryl methyl sites for hydroxylation is 1. The van der Waals surface area contributed by atoms with E-state index in [1.807, 2.05) is 48.0 Å². The van der Waals surface area contributed by atoms with Gasteiger partial charge in [-0.2, -0.15) is 0 Å². The molecule has 0 saturated heterocycles. The Balaban J connectivity index is 1.58. The van der Waals surface area contributed by atoms with Crippen molar-refractivity contribution in [3.05, 3.63) is 95.4 Å². The Morgan fingerprint density at radius 1 is 1.03 bits per heavy atom. The predicted molar refractivity (Wildman–Crippen MR) is 112 cm³/mol. The smallest absolute Gasteiger partial charge is 0.274 e. The maximum atomic E-state index is 12.9. The first-order valence-electron chi connectivity index (χ1n) is 9.40. The second-order valence-electron chi connectivity index (χ2n) is 6.99. The zero-order valence-corrected chi connectivity index (χ0v) is 16.3. The zero-order chi connectivity index (χ0) is 21.1. The van der Waals surface area contributed by atoms with Crippen LogP contribution in [0.2, 0.25) is 0 Å². The van der Waals surface area contributed by atoms with Crippen LogP contribution in [0.15, 0.2) is 73.2 Å². The molecule has 0 fully saturated rings. The first-order valence-corrected chi connectivity index (χ1v) is 9.40. The highest BCUT2D eigenvalue weighted by Gasteiger charge is 2.14. The van der Waals surface area contributed by atoms with E-state index in [2.05, 4.69) is 16.4 Å². The van der Waals surface area contributed by atoms with Gasteiger partial charge in [0.25, 0.3) is 11.8 Å². The molecule has 150 valence electrons. The molecule has 0 radical (unpaired) electrons. The van der Waals surface area contributed by atoms with Crippen molar-refractivity contribution in [3.8, 4) is 11.1 Å². The molecule has 0 atom stereocenters. The number of carbonyl (C=O) groups excluding carboxylic acids is 2. The molecule has 0 spiro atoms. The molecule has 0 aliphatic carbocycles. The van der Waals surface area contributed by atoms with Crippen LogP contribution in [0.3, 0.4) is 0 Å². The van der Waals surface area contributed by atoms with Gasteiger partial charge in [-0.1, -0.05) is 42.0 Å². The monoisotopic (exact) mass is 400 g/mol. The molecule has 4 aromatic rings. The number of hydrogen-bond acceptors (Lipinski definition) is 4. The van der Waals surface area contributed by atoms with E-state index in [-0.39, 0.29) is 5.91 Å². The summed E-state index contributed by atoms with van der Waals surface area (Å²) in [5, 5.41) is 11.6. The van der Waals surface area contributed by atoms with Gasteiger partial charge in [-0.3, -0.25) is 14.8 Å². The van der Waals surface area contributed by atoms with Gasteiger partial charge in [0.05, 0.1) is 5.56 Å². The first kappa shape index (κ1) is 19.4. The van der Waals surface area contributed by atoms with Gasteiger partial charge >= 0.3 is 0 Å². The molecule has 7 nitrogen and oxygen atoms in total. The van der Waals surface area contributed by atoms with Gasteiger partial charge in [0.2, 0.25) is 0 Å². The van der Waals surface area contributed by atoms with Gasteiger partial charge in [0.1, 0.15) is 5.65 Å². The summed E-state index contributed by atoms with van der Waals surface area (Å²) in [7, 11) is 0. The minimum Gasteiger partial charge on any atom is -0.348 e. The summed E-state index contributed by atoms with van der Waals surface area (Å²) in [6.07, 6.45) is 5.44. The number of aromatic nitrogens is 2. The third-order valence-corrected chi connectivity index (χ3v) is 4.85. The Morgan fingerprint density at radius 2 is 1.83 bits per heavy atom. The Bertz CT molecular complexity index is 1230. The molecule has 0 aliphatic heterocycles. The molecule has 0 unspecified atom stereocenters. The highest BCUT2D eigenvalue weighted by molar-refractivity contribution is 6.01. The maximum Gasteiger partial charge on any atom is 0.274 e. The minimum atomic E-state index is -0.583. The van der Waals surface area contributed by atoms with E-state index >= 15 is 0 Å². The van der Waals surface area contributed by atoms with Crippen molar-refractivity contribution < 1.29 is 14.8 Å². The molecule has 2 aromatic carbocycles. The van der Waals surface area contributed by atoms with Gasteiger partial charge in [0, 0.05) is 30.7 Å². The highest BCUT2D eigenvalue weighted by Crippen LogP contribution is 2.23. The lowest BCUT2D eigenvalue weighted by molar-refractivity contribution is 0.0706.